The predicted octanol–water partition coefficient (Wildman–Crippen LogP) is 6.40. The molecule has 0 N–H and O–H groups in total. The largest absolute Gasteiger partial charge is 0.165 e. The van der Waals surface area contributed by atoms with Crippen molar-refractivity contribution in [3.05, 3.63) is 82.9 Å². The second kappa shape index (κ2) is 7.79. The average molecular weight is 534 g/mol. The number of hydrogen-bond acceptors (Lipinski definition) is 0. The van der Waals surface area contributed by atoms with Gasteiger partial charge in [-0.2, -0.15) is 12.1 Å². The second-order valence-electron chi connectivity index (χ2n) is 6.74. The molecule has 4 aromatic carbocycles. The minimum absolute atomic E-state index is 0. The van der Waals surface area contributed by atoms with Crippen LogP contribution in [-0.2, 0) is 76.0 Å². The van der Waals surface area contributed by atoms with E-state index in [4.69, 9.17) is 23.2 Å². The molecule has 4 aromatic rings. The molecular weight excluding hydrogens is 518 g/mol. The van der Waals surface area contributed by atoms with Crippen LogP contribution in [0.3, 0.4) is 0 Å². The van der Waals surface area contributed by atoms with Crippen LogP contribution in [0.5, 0.6) is 0 Å². The third-order valence-corrected chi connectivity index (χ3v) is 6.02. The van der Waals surface area contributed by atoms with Gasteiger partial charge in [-0.25, -0.2) is 0 Å². The summed E-state index contributed by atoms with van der Waals surface area (Å²) in [5.74, 6) is 0. The van der Waals surface area contributed by atoms with E-state index >= 15 is 0 Å². The summed E-state index contributed by atoms with van der Waals surface area (Å²) in [6.07, 6.45) is 2.67. The average Bonchev–Trinajstić information content (AvgIpc) is 3.10. The van der Waals surface area contributed by atoms with Gasteiger partial charge in [0, 0.05) is 52.4 Å². The van der Waals surface area contributed by atoms with E-state index in [0.717, 1.165) is 18.4 Å². The van der Waals surface area contributed by atoms with Crippen LogP contribution in [0.15, 0.2) is 60.7 Å². The van der Waals surface area contributed by atoms with Crippen molar-refractivity contribution in [1.29, 1.82) is 0 Å². The van der Waals surface area contributed by atoms with Crippen molar-refractivity contribution < 1.29 is 52.4 Å². The molecule has 0 radical (unpaired) electrons. The Hall–Kier alpha value is 0.00623. The van der Waals surface area contributed by atoms with Gasteiger partial charge in [0.15, 0.2) is 0 Å². The van der Waals surface area contributed by atoms with Crippen LogP contribution in [-0.4, -0.2) is 0 Å². The fraction of sp³-hybridized carbons (Fsp3) is 0.182. The van der Waals surface area contributed by atoms with Crippen molar-refractivity contribution in [2.45, 2.75) is 23.6 Å². The maximum absolute atomic E-state index is 6.87. The molecule has 4 heteroatoms. The van der Waals surface area contributed by atoms with Crippen LogP contribution in [0, 0.1) is 0 Å². The van der Waals surface area contributed by atoms with E-state index < -0.39 is 4.33 Å². The fourth-order valence-electron chi connectivity index (χ4n) is 4.26. The normalized spacial score (nSPS) is 15.3. The van der Waals surface area contributed by atoms with E-state index in [9.17, 15) is 0 Å². The van der Waals surface area contributed by atoms with E-state index in [1.54, 1.807) is 0 Å². The molecule has 0 saturated heterocycles. The molecule has 1 aliphatic rings. The van der Waals surface area contributed by atoms with Crippen molar-refractivity contribution in [2.75, 3.05) is 0 Å². The van der Waals surface area contributed by atoms with Crippen molar-refractivity contribution in [1.82, 2.24) is 0 Å². The van der Waals surface area contributed by atoms with Crippen molar-refractivity contribution in [3.63, 3.8) is 0 Å². The van der Waals surface area contributed by atoms with Gasteiger partial charge in [0.1, 0.15) is 4.33 Å². The summed E-state index contributed by atoms with van der Waals surface area (Å²) < 4.78 is -0.881. The third-order valence-electron chi connectivity index (χ3n) is 5.35. The molecule has 26 heavy (non-hydrogen) atoms. The molecule has 128 valence electrons. The van der Waals surface area contributed by atoms with Gasteiger partial charge in [-0.3, -0.25) is 0 Å². The molecule has 0 atom stereocenters. The summed E-state index contributed by atoms with van der Waals surface area (Å²) in [6, 6.07) is 21.5. The van der Waals surface area contributed by atoms with E-state index in [2.05, 4.69) is 60.7 Å². The molecule has 0 saturated carbocycles. The molecule has 0 spiro atoms. The SMILES string of the molecule is ClC1(Cl)Cc2cc3ccccc3[c-]2CC[c-]2c1cc1ccccc12.[Zr].[Zr]. The summed E-state index contributed by atoms with van der Waals surface area (Å²) in [5, 5.41) is 5.16. The van der Waals surface area contributed by atoms with Gasteiger partial charge in [0.25, 0.3) is 0 Å². The molecule has 0 nitrogen and oxygen atoms in total. The summed E-state index contributed by atoms with van der Waals surface area (Å²) in [7, 11) is 0. The van der Waals surface area contributed by atoms with Gasteiger partial charge in [-0.15, -0.1) is 74.6 Å². The Morgan fingerprint density at radius 3 is 1.96 bits per heavy atom. The van der Waals surface area contributed by atoms with Crippen molar-refractivity contribution in [2.24, 2.45) is 0 Å². The van der Waals surface area contributed by atoms with Gasteiger partial charge in [-0.1, -0.05) is 53.7 Å². The van der Waals surface area contributed by atoms with E-state index in [1.165, 1.54) is 38.2 Å². The first-order valence-electron chi connectivity index (χ1n) is 8.35. The van der Waals surface area contributed by atoms with E-state index in [1.807, 2.05) is 0 Å². The first-order chi connectivity index (χ1) is 11.6. The zero-order valence-corrected chi connectivity index (χ0v) is 20.6. The fourth-order valence-corrected chi connectivity index (χ4v) is 4.89. The summed E-state index contributed by atoms with van der Waals surface area (Å²) in [6.45, 7) is 0. The molecule has 0 aromatic heterocycles. The molecule has 0 aliphatic heterocycles. The minimum atomic E-state index is -0.881. The number of benzene rings is 2. The molecule has 0 fully saturated rings. The molecular formula is C22H16Cl2Zr2-2. The van der Waals surface area contributed by atoms with Crippen molar-refractivity contribution >= 4 is 44.7 Å². The summed E-state index contributed by atoms with van der Waals surface area (Å²) >= 11 is 13.7. The Bertz CT molecular complexity index is 1070. The number of halogens is 2. The van der Waals surface area contributed by atoms with Gasteiger partial charge >= 0.3 is 0 Å². The smallest absolute Gasteiger partial charge is 0.128 e. The Balaban J connectivity index is 0.000000980. The molecule has 1 aliphatic carbocycles. The van der Waals surface area contributed by atoms with Gasteiger partial charge in [0.05, 0.1) is 0 Å². The first-order valence-corrected chi connectivity index (χ1v) is 9.11. The Morgan fingerprint density at radius 2 is 1.27 bits per heavy atom. The molecule has 0 heterocycles. The standard InChI is InChI=1S/C22H16Cl2.2Zr/c23-22(24)13-16-11-14-5-1-3-7-17(14)19(16)9-10-20-18-8-4-2-6-15(18)12-21(20)22;;/h1-8,11-12H,9-10,13H2;;/q-2;;. The predicted molar refractivity (Wildman–Crippen MR) is 104 cm³/mol. The van der Waals surface area contributed by atoms with Gasteiger partial charge in [0.2, 0.25) is 0 Å². The maximum atomic E-state index is 6.87. The summed E-state index contributed by atoms with van der Waals surface area (Å²) in [5.41, 5.74) is 5.10. The molecule has 5 rings (SSSR count). The third kappa shape index (κ3) is 3.30. The van der Waals surface area contributed by atoms with Crippen LogP contribution >= 0.6 is 23.2 Å². The molecule has 0 unspecified atom stereocenters. The first kappa shape index (κ1) is 20.7. The number of fused-ring (bicyclic) bond motifs is 6. The van der Waals surface area contributed by atoms with E-state index in [0.29, 0.717) is 6.42 Å². The van der Waals surface area contributed by atoms with Crippen molar-refractivity contribution in [3.8, 4) is 0 Å². The van der Waals surface area contributed by atoms with E-state index in [-0.39, 0.29) is 52.4 Å². The molecule has 0 bridgehead atoms. The summed E-state index contributed by atoms with van der Waals surface area (Å²) in [4.78, 5) is 0. The topological polar surface area (TPSA) is 0 Å². The quantitative estimate of drug-likeness (QED) is 0.181. The van der Waals surface area contributed by atoms with Crippen LogP contribution in [0.25, 0.3) is 21.5 Å². The number of rotatable bonds is 0. The maximum Gasteiger partial charge on any atom is 0.128 e. The molecule has 0 amide bonds. The zero-order valence-electron chi connectivity index (χ0n) is 14.2. The zero-order chi connectivity index (χ0) is 16.3. The number of aryl methyl sites for hydroxylation is 2. The van der Waals surface area contributed by atoms with Crippen LogP contribution in [0.1, 0.15) is 22.3 Å². The van der Waals surface area contributed by atoms with Gasteiger partial charge in [-0.05, 0) is 6.42 Å². The number of alkyl halides is 2. The van der Waals surface area contributed by atoms with Crippen LogP contribution < -0.4 is 0 Å². The number of hydrogen-bond donors (Lipinski definition) is 0. The van der Waals surface area contributed by atoms with Gasteiger partial charge < -0.3 is 0 Å². The monoisotopic (exact) mass is 530 g/mol. The Morgan fingerprint density at radius 1 is 0.731 bits per heavy atom. The Kier molecular flexibility index (Phi) is 6.21. The Labute approximate surface area is 201 Å². The van der Waals surface area contributed by atoms with Crippen LogP contribution in [0.2, 0.25) is 0 Å². The van der Waals surface area contributed by atoms with Crippen LogP contribution in [0.4, 0.5) is 0 Å². The second-order valence-corrected chi connectivity index (χ2v) is 8.22. The minimum Gasteiger partial charge on any atom is -0.165 e.